The third-order valence-corrected chi connectivity index (χ3v) is 4.68. The molecule has 5 heteroatoms. The molecule has 0 fully saturated rings. The van der Waals surface area contributed by atoms with Gasteiger partial charge < -0.3 is 15.4 Å². The van der Waals surface area contributed by atoms with Crippen molar-refractivity contribution >= 4 is 23.2 Å². The molecule has 0 radical (unpaired) electrons. The normalized spacial score (nSPS) is 15.6. The predicted molar refractivity (Wildman–Crippen MR) is 102 cm³/mol. The average molecular weight is 365 g/mol. The molecule has 1 aliphatic rings. The van der Waals surface area contributed by atoms with Gasteiger partial charge in [-0.25, -0.2) is 0 Å². The minimum Gasteiger partial charge on any atom is -0.489 e. The van der Waals surface area contributed by atoms with E-state index in [4.69, 9.17) is 16.3 Å². The van der Waals surface area contributed by atoms with E-state index in [9.17, 15) is 4.79 Å². The fourth-order valence-corrected chi connectivity index (χ4v) is 3.10. The Morgan fingerprint density at radius 1 is 0.885 bits per heavy atom. The van der Waals surface area contributed by atoms with Crippen LogP contribution in [0.15, 0.2) is 72.8 Å². The molecule has 26 heavy (non-hydrogen) atoms. The number of hydrogen-bond donors (Lipinski definition) is 2. The maximum absolute atomic E-state index is 12.2. The van der Waals surface area contributed by atoms with Gasteiger partial charge in [-0.1, -0.05) is 54.1 Å². The molecule has 1 atom stereocenters. The number of para-hydroxylation sites is 1. The van der Waals surface area contributed by atoms with Gasteiger partial charge in [0.2, 0.25) is 0 Å². The molecular formula is C21H17ClN2O2. The second-order valence-corrected chi connectivity index (χ2v) is 6.45. The van der Waals surface area contributed by atoms with Crippen LogP contribution in [0.2, 0.25) is 5.02 Å². The van der Waals surface area contributed by atoms with Gasteiger partial charge in [-0.15, -0.1) is 0 Å². The summed E-state index contributed by atoms with van der Waals surface area (Å²) in [5.74, 6) is 0.666. The monoisotopic (exact) mass is 364 g/mol. The van der Waals surface area contributed by atoms with E-state index in [0.29, 0.717) is 17.2 Å². The van der Waals surface area contributed by atoms with Crippen molar-refractivity contribution in [1.82, 2.24) is 5.32 Å². The Morgan fingerprint density at radius 3 is 2.42 bits per heavy atom. The van der Waals surface area contributed by atoms with Crippen LogP contribution in [-0.2, 0) is 6.61 Å². The predicted octanol–water partition coefficient (Wildman–Crippen LogP) is 4.77. The highest BCUT2D eigenvalue weighted by molar-refractivity contribution is 6.31. The summed E-state index contributed by atoms with van der Waals surface area (Å²) in [6.07, 6.45) is -0.269. The summed E-state index contributed by atoms with van der Waals surface area (Å²) in [7, 11) is 0. The Labute approximate surface area is 156 Å². The van der Waals surface area contributed by atoms with E-state index < -0.39 is 0 Å². The largest absolute Gasteiger partial charge is 0.489 e. The van der Waals surface area contributed by atoms with Gasteiger partial charge in [0, 0.05) is 16.3 Å². The van der Waals surface area contributed by atoms with Crippen LogP contribution >= 0.6 is 11.6 Å². The van der Waals surface area contributed by atoms with E-state index in [1.165, 1.54) is 0 Å². The summed E-state index contributed by atoms with van der Waals surface area (Å²) in [5, 5.41) is 7.00. The third kappa shape index (κ3) is 3.37. The van der Waals surface area contributed by atoms with E-state index in [2.05, 4.69) is 10.6 Å². The molecule has 0 saturated carbocycles. The summed E-state index contributed by atoms with van der Waals surface area (Å²) in [6, 6.07) is 22.7. The fourth-order valence-electron chi connectivity index (χ4n) is 2.91. The van der Waals surface area contributed by atoms with Crippen LogP contribution in [0.1, 0.15) is 27.7 Å². The smallest absolute Gasteiger partial charge is 0.255 e. The zero-order valence-electron chi connectivity index (χ0n) is 13.9. The van der Waals surface area contributed by atoms with Gasteiger partial charge in [0.15, 0.2) is 0 Å². The Hall–Kier alpha value is -2.98. The minimum atomic E-state index is -0.269. The first-order chi connectivity index (χ1) is 12.7. The molecular weight excluding hydrogens is 348 g/mol. The molecule has 2 N–H and O–H groups in total. The van der Waals surface area contributed by atoms with Gasteiger partial charge in [0.1, 0.15) is 18.5 Å². The number of rotatable bonds is 4. The van der Waals surface area contributed by atoms with E-state index in [1.807, 2.05) is 66.7 Å². The number of halogens is 1. The maximum Gasteiger partial charge on any atom is 0.255 e. The van der Waals surface area contributed by atoms with Gasteiger partial charge in [-0.3, -0.25) is 4.79 Å². The van der Waals surface area contributed by atoms with Crippen molar-refractivity contribution in [3.05, 3.63) is 94.5 Å². The number of amides is 1. The van der Waals surface area contributed by atoms with Crippen LogP contribution in [0.25, 0.3) is 0 Å². The van der Waals surface area contributed by atoms with Crippen molar-refractivity contribution in [2.45, 2.75) is 12.8 Å². The summed E-state index contributed by atoms with van der Waals surface area (Å²) in [6.45, 7) is 0.408. The number of hydrogen-bond acceptors (Lipinski definition) is 3. The lowest BCUT2D eigenvalue weighted by atomic mass is 10.1. The minimum absolute atomic E-state index is 0.0802. The third-order valence-electron chi connectivity index (χ3n) is 4.31. The standard InChI is InChI=1S/C21H17ClN2O2/c22-18-7-3-1-5-15(18)13-26-16-11-9-14(10-12-16)20-23-19-8-4-2-6-17(19)21(25)24-20/h1-12,20,23H,13H2,(H,24,25)/t20-/m0/s1. The maximum atomic E-state index is 12.2. The molecule has 0 aromatic heterocycles. The zero-order chi connectivity index (χ0) is 17.9. The summed E-state index contributed by atoms with van der Waals surface area (Å²) >= 11 is 6.14. The highest BCUT2D eigenvalue weighted by Crippen LogP contribution is 2.27. The Balaban J connectivity index is 1.45. The van der Waals surface area contributed by atoms with Crippen molar-refractivity contribution in [1.29, 1.82) is 0 Å². The molecule has 0 aliphatic carbocycles. The number of carbonyl (C=O) groups is 1. The molecule has 4 nitrogen and oxygen atoms in total. The number of fused-ring (bicyclic) bond motifs is 1. The average Bonchev–Trinajstić information content (AvgIpc) is 2.68. The molecule has 1 aliphatic heterocycles. The van der Waals surface area contributed by atoms with Gasteiger partial charge in [-0.2, -0.15) is 0 Å². The van der Waals surface area contributed by atoms with Crippen molar-refractivity contribution in [2.24, 2.45) is 0 Å². The van der Waals surface area contributed by atoms with Crippen LogP contribution in [0, 0.1) is 0 Å². The van der Waals surface area contributed by atoms with E-state index in [0.717, 1.165) is 22.6 Å². The van der Waals surface area contributed by atoms with Crippen molar-refractivity contribution in [3.63, 3.8) is 0 Å². The SMILES string of the molecule is O=C1N[C@@H](c2ccc(OCc3ccccc3Cl)cc2)Nc2ccccc21. The number of benzene rings is 3. The molecule has 1 amide bonds. The van der Waals surface area contributed by atoms with Crippen molar-refractivity contribution < 1.29 is 9.53 Å². The molecule has 3 aromatic carbocycles. The molecule has 0 unspecified atom stereocenters. The summed E-state index contributed by atoms with van der Waals surface area (Å²) in [5.41, 5.74) is 3.39. The quantitative estimate of drug-likeness (QED) is 0.700. The van der Waals surface area contributed by atoms with E-state index in [1.54, 1.807) is 6.07 Å². The zero-order valence-corrected chi connectivity index (χ0v) is 14.7. The Kier molecular flexibility index (Phi) is 4.50. The highest BCUT2D eigenvalue weighted by atomic mass is 35.5. The lowest BCUT2D eigenvalue weighted by molar-refractivity contribution is 0.0935. The molecule has 0 spiro atoms. The van der Waals surface area contributed by atoms with Gasteiger partial charge in [-0.05, 0) is 35.9 Å². The molecule has 3 aromatic rings. The van der Waals surface area contributed by atoms with Crippen molar-refractivity contribution in [2.75, 3.05) is 5.32 Å². The van der Waals surface area contributed by atoms with E-state index >= 15 is 0 Å². The lowest BCUT2D eigenvalue weighted by Crippen LogP contribution is -2.38. The molecule has 130 valence electrons. The summed E-state index contributed by atoms with van der Waals surface area (Å²) in [4.78, 5) is 12.2. The molecule has 4 rings (SSSR count). The number of carbonyl (C=O) groups excluding carboxylic acids is 1. The van der Waals surface area contributed by atoms with Crippen LogP contribution in [0.4, 0.5) is 5.69 Å². The van der Waals surface area contributed by atoms with Crippen LogP contribution in [0.5, 0.6) is 5.75 Å². The molecule has 0 bridgehead atoms. The van der Waals surface area contributed by atoms with E-state index in [-0.39, 0.29) is 12.1 Å². The number of nitrogens with one attached hydrogen (secondary N) is 2. The molecule has 1 heterocycles. The van der Waals surface area contributed by atoms with Crippen LogP contribution < -0.4 is 15.4 Å². The Morgan fingerprint density at radius 2 is 1.62 bits per heavy atom. The van der Waals surface area contributed by atoms with Gasteiger partial charge in [0.05, 0.1) is 5.56 Å². The second kappa shape index (κ2) is 7.10. The highest BCUT2D eigenvalue weighted by Gasteiger charge is 2.23. The second-order valence-electron chi connectivity index (χ2n) is 6.05. The van der Waals surface area contributed by atoms with Crippen LogP contribution in [-0.4, -0.2) is 5.91 Å². The first-order valence-corrected chi connectivity index (χ1v) is 8.71. The molecule has 0 saturated heterocycles. The van der Waals surface area contributed by atoms with Crippen molar-refractivity contribution in [3.8, 4) is 5.75 Å². The van der Waals surface area contributed by atoms with Gasteiger partial charge >= 0.3 is 0 Å². The Bertz CT molecular complexity index is 941. The topological polar surface area (TPSA) is 50.4 Å². The van der Waals surface area contributed by atoms with Crippen LogP contribution in [0.3, 0.4) is 0 Å². The first-order valence-electron chi connectivity index (χ1n) is 8.33. The first kappa shape index (κ1) is 16.5. The fraction of sp³-hybridized carbons (Fsp3) is 0.0952. The van der Waals surface area contributed by atoms with Gasteiger partial charge in [0.25, 0.3) is 5.91 Å². The lowest BCUT2D eigenvalue weighted by Gasteiger charge is -2.28. The number of anilines is 1. The number of ether oxygens (including phenoxy) is 1. The summed E-state index contributed by atoms with van der Waals surface area (Å²) < 4.78 is 5.80.